The summed E-state index contributed by atoms with van der Waals surface area (Å²) in [5.41, 5.74) is 0.916. The van der Waals surface area contributed by atoms with Crippen molar-refractivity contribution in [2.45, 2.75) is 0 Å². The van der Waals surface area contributed by atoms with Crippen LogP contribution in [0.15, 0.2) is 73.1 Å². The highest BCUT2D eigenvalue weighted by atomic mass is 16.6. The molecule has 0 aliphatic rings. The molecule has 7 heteroatoms. The standard InChI is InChI=1S/C20H16N2O5/c1-25-19(23)14-4-8-17(9-5-14)27-20(24)22-15-6-10-16(11-7-15)26-18-3-2-12-21-13-18/h2-13H,1H3,(H,22,24). The Morgan fingerprint density at radius 2 is 1.59 bits per heavy atom. The van der Waals surface area contributed by atoms with E-state index in [0.29, 0.717) is 28.5 Å². The van der Waals surface area contributed by atoms with E-state index >= 15 is 0 Å². The number of methoxy groups -OCH3 is 1. The molecule has 7 nitrogen and oxygen atoms in total. The van der Waals surface area contributed by atoms with Gasteiger partial charge in [0.25, 0.3) is 0 Å². The van der Waals surface area contributed by atoms with Crippen LogP contribution in [-0.2, 0) is 4.74 Å². The Morgan fingerprint density at radius 3 is 2.22 bits per heavy atom. The number of esters is 1. The molecule has 1 aromatic heterocycles. The molecule has 0 aliphatic carbocycles. The van der Waals surface area contributed by atoms with E-state index in [4.69, 9.17) is 9.47 Å². The molecule has 0 bridgehead atoms. The van der Waals surface area contributed by atoms with E-state index in [2.05, 4.69) is 15.0 Å². The SMILES string of the molecule is COC(=O)c1ccc(OC(=O)Nc2ccc(Oc3cccnc3)cc2)cc1. The largest absolute Gasteiger partial charge is 0.465 e. The first-order valence-corrected chi connectivity index (χ1v) is 7.99. The number of benzene rings is 2. The summed E-state index contributed by atoms with van der Waals surface area (Å²) < 4.78 is 15.4. The summed E-state index contributed by atoms with van der Waals surface area (Å²) in [6.07, 6.45) is 2.62. The van der Waals surface area contributed by atoms with Crippen molar-refractivity contribution in [2.75, 3.05) is 12.4 Å². The van der Waals surface area contributed by atoms with Gasteiger partial charge in [0.2, 0.25) is 0 Å². The molecule has 0 unspecified atom stereocenters. The number of aromatic nitrogens is 1. The van der Waals surface area contributed by atoms with Gasteiger partial charge in [0.05, 0.1) is 18.9 Å². The minimum Gasteiger partial charge on any atom is -0.465 e. The van der Waals surface area contributed by atoms with Gasteiger partial charge in [-0.3, -0.25) is 10.3 Å². The molecule has 2 aromatic carbocycles. The number of hydrogen-bond acceptors (Lipinski definition) is 6. The number of nitrogens with zero attached hydrogens (tertiary/aromatic N) is 1. The monoisotopic (exact) mass is 364 g/mol. The Balaban J connectivity index is 1.55. The smallest absolute Gasteiger partial charge is 0.417 e. The van der Waals surface area contributed by atoms with Crippen molar-refractivity contribution < 1.29 is 23.8 Å². The van der Waals surface area contributed by atoms with Gasteiger partial charge in [-0.2, -0.15) is 0 Å². The van der Waals surface area contributed by atoms with Gasteiger partial charge >= 0.3 is 12.1 Å². The first kappa shape index (κ1) is 17.9. The molecule has 27 heavy (non-hydrogen) atoms. The topological polar surface area (TPSA) is 86.8 Å². The molecule has 0 atom stereocenters. The Kier molecular flexibility index (Phi) is 5.64. The molecule has 0 fully saturated rings. The van der Waals surface area contributed by atoms with Crippen LogP contribution in [0.1, 0.15) is 10.4 Å². The Hall–Kier alpha value is -3.87. The van der Waals surface area contributed by atoms with Crippen LogP contribution in [0.3, 0.4) is 0 Å². The van der Waals surface area contributed by atoms with Gasteiger partial charge in [-0.25, -0.2) is 9.59 Å². The van der Waals surface area contributed by atoms with Gasteiger partial charge < -0.3 is 14.2 Å². The number of carbonyl (C=O) groups is 2. The fourth-order valence-electron chi connectivity index (χ4n) is 2.18. The highest BCUT2D eigenvalue weighted by Gasteiger charge is 2.08. The molecule has 1 amide bonds. The van der Waals surface area contributed by atoms with Crippen molar-refractivity contribution in [3.05, 3.63) is 78.6 Å². The number of carbonyl (C=O) groups excluding carboxylic acids is 2. The van der Waals surface area contributed by atoms with Gasteiger partial charge in [-0.1, -0.05) is 0 Å². The zero-order chi connectivity index (χ0) is 19.1. The average Bonchev–Trinajstić information content (AvgIpc) is 2.70. The average molecular weight is 364 g/mol. The summed E-state index contributed by atoms with van der Waals surface area (Å²) in [5, 5.41) is 2.61. The van der Waals surface area contributed by atoms with Crippen LogP contribution in [0.4, 0.5) is 10.5 Å². The maximum atomic E-state index is 12.0. The van der Waals surface area contributed by atoms with E-state index < -0.39 is 12.1 Å². The van der Waals surface area contributed by atoms with E-state index in [1.165, 1.54) is 31.4 Å². The maximum Gasteiger partial charge on any atom is 0.417 e. The second kappa shape index (κ2) is 8.48. The van der Waals surface area contributed by atoms with Crippen molar-refractivity contribution in [1.82, 2.24) is 4.98 Å². The molecular formula is C20H16N2O5. The third-order valence-electron chi connectivity index (χ3n) is 3.46. The molecule has 0 saturated heterocycles. The molecule has 3 rings (SSSR count). The Labute approximate surface area is 155 Å². The molecule has 1 N–H and O–H groups in total. The van der Waals surface area contributed by atoms with Crippen molar-refractivity contribution >= 4 is 17.7 Å². The molecule has 0 aliphatic heterocycles. The zero-order valence-electron chi connectivity index (χ0n) is 14.4. The van der Waals surface area contributed by atoms with E-state index in [1.54, 1.807) is 48.8 Å². The van der Waals surface area contributed by atoms with Gasteiger partial charge in [0.1, 0.15) is 17.2 Å². The maximum absolute atomic E-state index is 12.0. The van der Waals surface area contributed by atoms with Crippen molar-refractivity contribution in [3.8, 4) is 17.2 Å². The number of nitrogens with one attached hydrogen (secondary N) is 1. The van der Waals surface area contributed by atoms with E-state index in [0.717, 1.165) is 0 Å². The molecule has 0 spiro atoms. The van der Waals surface area contributed by atoms with Crippen molar-refractivity contribution in [3.63, 3.8) is 0 Å². The third kappa shape index (κ3) is 5.05. The van der Waals surface area contributed by atoms with Crippen LogP contribution in [0.2, 0.25) is 0 Å². The van der Waals surface area contributed by atoms with Gasteiger partial charge in [0, 0.05) is 11.9 Å². The van der Waals surface area contributed by atoms with Gasteiger partial charge in [-0.15, -0.1) is 0 Å². The lowest BCUT2D eigenvalue weighted by molar-refractivity contribution is 0.0600. The summed E-state index contributed by atoms with van der Waals surface area (Å²) in [5.74, 6) is 1.07. The second-order valence-electron chi connectivity index (χ2n) is 5.35. The second-order valence-corrected chi connectivity index (χ2v) is 5.35. The lowest BCUT2D eigenvalue weighted by Gasteiger charge is -2.09. The van der Waals surface area contributed by atoms with Crippen LogP contribution in [0, 0.1) is 0 Å². The molecule has 0 radical (unpaired) electrons. The summed E-state index contributed by atoms with van der Waals surface area (Å²) in [4.78, 5) is 27.3. The fraction of sp³-hybridized carbons (Fsp3) is 0.0500. The number of hydrogen-bond donors (Lipinski definition) is 1. The predicted octanol–water partition coefficient (Wildman–Crippen LogP) is 4.27. The molecule has 136 valence electrons. The highest BCUT2D eigenvalue weighted by molar-refractivity contribution is 5.90. The molecule has 1 heterocycles. The van der Waals surface area contributed by atoms with Crippen LogP contribution >= 0.6 is 0 Å². The zero-order valence-corrected chi connectivity index (χ0v) is 14.4. The summed E-state index contributed by atoms with van der Waals surface area (Å²) in [6, 6.07) is 16.4. The lowest BCUT2D eigenvalue weighted by atomic mass is 10.2. The third-order valence-corrected chi connectivity index (χ3v) is 3.46. The summed E-state index contributed by atoms with van der Waals surface area (Å²) in [7, 11) is 1.30. The van der Waals surface area contributed by atoms with Crippen LogP contribution < -0.4 is 14.8 Å². The van der Waals surface area contributed by atoms with Crippen molar-refractivity contribution in [1.29, 1.82) is 0 Å². The molecule has 0 saturated carbocycles. The van der Waals surface area contributed by atoms with Gasteiger partial charge in [-0.05, 0) is 60.7 Å². The minimum absolute atomic E-state index is 0.302. The minimum atomic E-state index is -0.651. The first-order valence-electron chi connectivity index (χ1n) is 7.99. The van der Waals surface area contributed by atoms with Crippen molar-refractivity contribution in [2.24, 2.45) is 0 Å². The van der Waals surface area contributed by atoms with Crippen LogP contribution in [0.25, 0.3) is 0 Å². The number of anilines is 1. The van der Waals surface area contributed by atoms with E-state index in [-0.39, 0.29) is 0 Å². The number of rotatable bonds is 5. The van der Waals surface area contributed by atoms with E-state index in [9.17, 15) is 9.59 Å². The van der Waals surface area contributed by atoms with Gasteiger partial charge in [0.15, 0.2) is 0 Å². The summed E-state index contributed by atoms with van der Waals surface area (Å²) >= 11 is 0. The first-order chi connectivity index (χ1) is 13.1. The molecular weight excluding hydrogens is 348 g/mol. The normalized spacial score (nSPS) is 9.96. The fourth-order valence-corrected chi connectivity index (χ4v) is 2.18. The number of ether oxygens (including phenoxy) is 3. The Bertz CT molecular complexity index is 909. The highest BCUT2D eigenvalue weighted by Crippen LogP contribution is 2.22. The number of pyridine rings is 1. The van der Waals surface area contributed by atoms with E-state index in [1.807, 2.05) is 0 Å². The predicted molar refractivity (Wildman–Crippen MR) is 98.2 cm³/mol. The lowest BCUT2D eigenvalue weighted by Crippen LogP contribution is -2.16. The quantitative estimate of drug-likeness (QED) is 0.680. The van der Waals surface area contributed by atoms with Crippen LogP contribution in [-0.4, -0.2) is 24.2 Å². The number of amides is 1. The summed E-state index contributed by atoms with van der Waals surface area (Å²) in [6.45, 7) is 0. The Morgan fingerprint density at radius 1 is 0.889 bits per heavy atom. The van der Waals surface area contributed by atoms with Crippen LogP contribution in [0.5, 0.6) is 17.2 Å². The molecule has 3 aromatic rings.